The lowest BCUT2D eigenvalue weighted by Gasteiger charge is -2.47. The summed E-state index contributed by atoms with van der Waals surface area (Å²) in [4.78, 5) is 34.1. The molecule has 7 nitrogen and oxygen atoms in total. The first-order valence-corrected chi connectivity index (χ1v) is 10.8. The summed E-state index contributed by atoms with van der Waals surface area (Å²) in [6.07, 6.45) is 2.53. The maximum Gasteiger partial charge on any atom is 0.246 e. The summed E-state index contributed by atoms with van der Waals surface area (Å²) in [7, 11) is 0. The van der Waals surface area contributed by atoms with Gasteiger partial charge in [0.25, 0.3) is 0 Å². The van der Waals surface area contributed by atoms with Crippen LogP contribution >= 0.6 is 0 Å². The van der Waals surface area contributed by atoms with Gasteiger partial charge in [0.2, 0.25) is 18.6 Å². The minimum absolute atomic E-state index is 0.00322. The van der Waals surface area contributed by atoms with E-state index in [1.54, 1.807) is 9.80 Å². The maximum atomic E-state index is 13.5. The van der Waals surface area contributed by atoms with Gasteiger partial charge in [-0.1, -0.05) is 24.3 Å². The minimum Gasteiger partial charge on any atom is -0.454 e. The highest BCUT2D eigenvalue weighted by atomic mass is 16.7. The Hall–Kier alpha value is -3.48. The summed E-state index contributed by atoms with van der Waals surface area (Å²) in [5.74, 6) is 1.45. The number of amides is 2. The Bertz CT molecular complexity index is 1260. The van der Waals surface area contributed by atoms with Gasteiger partial charge in [-0.3, -0.25) is 9.59 Å². The zero-order valence-corrected chi connectivity index (χ0v) is 16.8. The van der Waals surface area contributed by atoms with Crippen molar-refractivity contribution in [2.24, 2.45) is 0 Å². The van der Waals surface area contributed by atoms with Crippen LogP contribution in [0.1, 0.15) is 35.7 Å². The van der Waals surface area contributed by atoms with E-state index in [2.05, 4.69) is 11.1 Å². The molecule has 1 aliphatic carbocycles. The van der Waals surface area contributed by atoms with E-state index < -0.39 is 6.04 Å². The molecule has 1 N–H and O–H groups in total. The minimum atomic E-state index is -0.482. The molecule has 4 aliphatic rings. The van der Waals surface area contributed by atoms with Gasteiger partial charge in [-0.2, -0.15) is 0 Å². The number of piperazine rings is 1. The normalized spacial score (nSPS) is 24.5. The van der Waals surface area contributed by atoms with Crippen LogP contribution in [0.2, 0.25) is 0 Å². The number of carbonyl (C=O) groups is 2. The van der Waals surface area contributed by atoms with Crippen molar-refractivity contribution in [2.45, 2.75) is 37.4 Å². The molecule has 0 spiro atoms. The predicted molar refractivity (Wildman–Crippen MR) is 112 cm³/mol. The van der Waals surface area contributed by atoms with E-state index >= 15 is 0 Å². The highest BCUT2D eigenvalue weighted by Crippen LogP contribution is 2.45. The van der Waals surface area contributed by atoms with Gasteiger partial charge in [0, 0.05) is 29.1 Å². The summed E-state index contributed by atoms with van der Waals surface area (Å²) >= 11 is 0. The van der Waals surface area contributed by atoms with Gasteiger partial charge in [-0.25, -0.2) is 0 Å². The number of rotatable bonds is 2. The number of fused-ring (bicyclic) bond motifs is 5. The number of aromatic nitrogens is 1. The molecule has 4 heterocycles. The monoisotopic (exact) mass is 415 g/mol. The molecule has 0 radical (unpaired) electrons. The first kappa shape index (κ1) is 17.2. The van der Waals surface area contributed by atoms with E-state index in [1.165, 1.54) is 0 Å². The molecule has 7 rings (SSSR count). The highest BCUT2D eigenvalue weighted by molar-refractivity contribution is 5.98. The first-order chi connectivity index (χ1) is 15.2. The van der Waals surface area contributed by atoms with Crippen LogP contribution in [-0.2, 0) is 16.0 Å². The molecule has 2 atom stereocenters. The Morgan fingerprint density at radius 1 is 1.00 bits per heavy atom. The van der Waals surface area contributed by atoms with Gasteiger partial charge in [0.15, 0.2) is 11.5 Å². The third kappa shape index (κ3) is 2.40. The molecule has 156 valence electrons. The molecular weight excluding hydrogens is 394 g/mol. The second kappa shape index (κ2) is 6.03. The second-order valence-corrected chi connectivity index (χ2v) is 8.80. The van der Waals surface area contributed by atoms with E-state index in [9.17, 15) is 9.59 Å². The van der Waals surface area contributed by atoms with Crippen LogP contribution in [0.3, 0.4) is 0 Å². The van der Waals surface area contributed by atoms with E-state index in [0.717, 1.165) is 40.6 Å². The van der Waals surface area contributed by atoms with Crippen molar-refractivity contribution in [3.05, 3.63) is 59.3 Å². The third-order valence-electron chi connectivity index (χ3n) is 6.99. The fourth-order valence-electron chi connectivity index (χ4n) is 5.41. The van der Waals surface area contributed by atoms with Crippen LogP contribution in [0.5, 0.6) is 11.5 Å². The number of hydrogen-bond donors (Lipinski definition) is 1. The molecule has 31 heavy (non-hydrogen) atoms. The Balaban J connectivity index is 1.43. The van der Waals surface area contributed by atoms with Gasteiger partial charge in [-0.15, -0.1) is 0 Å². The number of ether oxygens (including phenoxy) is 2. The zero-order valence-electron chi connectivity index (χ0n) is 16.8. The fourth-order valence-corrected chi connectivity index (χ4v) is 5.41. The Morgan fingerprint density at radius 2 is 1.84 bits per heavy atom. The van der Waals surface area contributed by atoms with Crippen molar-refractivity contribution in [1.29, 1.82) is 0 Å². The quantitative estimate of drug-likeness (QED) is 0.699. The molecule has 3 aliphatic heterocycles. The number of carbonyl (C=O) groups excluding carboxylic acids is 2. The lowest BCUT2D eigenvalue weighted by Crippen LogP contribution is -2.63. The van der Waals surface area contributed by atoms with Crippen molar-refractivity contribution in [3.63, 3.8) is 0 Å². The average molecular weight is 415 g/mol. The number of benzene rings is 2. The van der Waals surface area contributed by atoms with Gasteiger partial charge < -0.3 is 24.3 Å². The van der Waals surface area contributed by atoms with Gasteiger partial charge in [0.1, 0.15) is 12.6 Å². The molecular formula is C24H21N3O4. The first-order valence-electron chi connectivity index (χ1n) is 10.8. The zero-order chi connectivity index (χ0) is 20.7. The number of hydrogen-bond acceptors (Lipinski definition) is 4. The molecule has 2 amide bonds. The van der Waals surface area contributed by atoms with Crippen LogP contribution in [0.15, 0.2) is 42.5 Å². The largest absolute Gasteiger partial charge is 0.454 e. The van der Waals surface area contributed by atoms with Crippen molar-refractivity contribution in [1.82, 2.24) is 14.8 Å². The van der Waals surface area contributed by atoms with Gasteiger partial charge >= 0.3 is 0 Å². The Morgan fingerprint density at radius 3 is 2.71 bits per heavy atom. The molecule has 1 saturated carbocycles. The van der Waals surface area contributed by atoms with Crippen LogP contribution in [0.25, 0.3) is 10.9 Å². The molecule has 2 fully saturated rings. The van der Waals surface area contributed by atoms with Crippen LogP contribution in [0.4, 0.5) is 0 Å². The van der Waals surface area contributed by atoms with Crippen molar-refractivity contribution in [2.75, 3.05) is 13.3 Å². The maximum absolute atomic E-state index is 13.5. The van der Waals surface area contributed by atoms with E-state index in [-0.39, 0.29) is 37.2 Å². The highest BCUT2D eigenvalue weighted by Gasteiger charge is 2.51. The summed E-state index contributed by atoms with van der Waals surface area (Å²) in [6, 6.07) is 13.3. The Labute approximate surface area is 178 Å². The number of aromatic amines is 1. The number of para-hydroxylation sites is 1. The third-order valence-corrected chi connectivity index (χ3v) is 6.99. The molecule has 2 aromatic carbocycles. The van der Waals surface area contributed by atoms with E-state index in [0.29, 0.717) is 17.9 Å². The lowest BCUT2D eigenvalue weighted by molar-refractivity contribution is -0.159. The second-order valence-electron chi connectivity index (χ2n) is 8.80. The molecule has 0 bridgehead atoms. The van der Waals surface area contributed by atoms with E-state index in [1.807, 2.05) is 36.4 Å². The SMILES string of the molecule is O=C1C2Cc3c([nH]c4ccccc34)C(c3ccc4c(c3)OCO4)N2C(=O)CN1C1CC1. The summed E-state index contributed by atoms with van der Waals surface area (Å²) in [5, 5.41) is 1.12. The lowest BCUT2D eigenvalue weighted by atomic mass is 9.86. The molecule has 2 unspecified atom stereocenters. The predicted octanol–water partition coefficient (Wildman–Crippen LogP) is 2.74. The number of H-pyrrole nitrogens is 1. The van der Waals surface area contributed by atoms with Crippen molar-refractivity contribution < 1.29 is 19.1 Å². The van der Waals surface area contributed by atoms with Crippen LogP contribution in [0, 0.1) is 0 Å². The van der Waals surface area contributed by atoms with Crippen LogP contribution < -0.4 is 9.47 Å². The van der Waals surface area contributed by atoms with E-state index in [4.69, 9.17) is 9.47 Å². The molecule has 1 saturated heterocycles. The molecule has 7 heteroatoms. The fraction of sp³-hybridized carbons (Fsp3) is 0.333. The topological polar surface area (TPSA) is 74.9 Å². The average Bonchev–Trinajstić information content (AvgIpc) is 3.40. The van der Waals surface area contributed by atoms with Crippen LogP contribution in [-0.4, -0.2) is 52.0 Å². The van der Waals surface area contributed by atoms with Gasteiger partial charge in [-0.05, 0) is 42.2 Å². The summed E-state index contributed by atoms with van der Waals surface area (Å²) < 4.78 is 11.1. The van der Waals surface area contributed by atoms with Gasteiger partial charge in [0.05, 0.1) is 6.04 Å². The van der Waals surface area contributed by atoms with Crippen molar-refractivity contribution in [3.8, 4) is 11.5 Å². The number of nitrogens with zero attached hydrogens (tertiary/aromatic N) is 2. The molecule has 1 aromatic heterocycles. The Kier molecular flexibility index (Phi) is 3.35. The van der Waals surface area contributed by atoms with Crippen molar-refractivity contribution >= 4 is 22.7 Å². The summed E-state index contributed by atoms with van der Waals surface area (Å²) in [5.41, 5.74) is 4.05. The smallest absolute Gasteiger partial charge is 0.246 e. The molecule has 3 aromatic rings. The number of nitrogens with one attached hydrogen (secondary N) is 1. The standard InChI is InChI=1S/C24H21N3O4/c28-21-11-26(14-6-7-14)24(29)18-10-16-15-3-1-2-4-17(15)25-22(16)23(27(18)21)13-5-8-19-20(9-13)31-12-30-19/h1-5,8-9,14,18,23,25H,6-7,10-12H2. The summed E-state index contributed by atoms with van der Waals surface area (Å²) in [6.45, 7) is 0.359.